The number of amides is 1. The van der Waals surface area contributed by atoms with E-state index in [1.807, 2.05) is 0 Å². The number of benzene rings is 1. The molecule has 1 aliphatic rings. The largest absolute Gasteiger partial charge is 0.481 e. The SMILES string of the molecule is Cc1c(C(=O)N2CCC(C(=O)O)C2)cnn1-c1ccc(F)cc1.Cl. The van der Waals surface area contributed by atoms with Gasteiger partial charge in [-0.25, -0.2) is 9.07 Å². The van der Waals surface area contributed by atoms with E-state index in [-0.39, 0.29) is 30.7 Å². The number of carbonyl (C=O) groups is 2. The molecule has 1 aliphatic heterocycles. The average Bonchev–Trinajstić information content (AvgIpc) is 3.15. The van der Waals surface area contributed by atoms with Gasteiger partial charge in [0.05, 0.1) is 29.1 Å². The van der Waals surface area contributed by atoms with Crippen molar-refractivity contribution in [2.75, 3.05) is 13.1 Å². The van der Waals surface area contributed by atoms with Gasteiger partial charge in [0.2, 0.25) is 0 Å². The van der Waals surface area contributed by atoms with E-state index in [2.05, 4.69) is 5.10 Å². The molecule has 1 aromatic heterocycles. The second-order valence-electron chi connectivity index (χ2n) is 5.61. The van der Waals surface area contributed by atoms with Gasteiger partial charge in [0.15, 0.2) is 0 Å². The van der Waals surface area contributed by atoms with E-state index in [1.165, 1.54) is 23.2 Å². The van der Waals surface area contributed by atoms with Crippen molar-refractivity contribution in [3.8, 4) is 5.69 Å². The van der Waals surface area contributed by atoms with Crippen LogP contribution in [0.4, 0.5) is 4.39 Å². The number of carboxylic acids is 1. The molecule has 3 rings (SSSR count). The quantitative estimate of drug-likeness (QED) is 0.918. The van der Waals surface area contributed by atoms with E-state index in [1.54, 1.807) is 23.7 Å². The highest BCUT2D eigenvalue weighted by atomic mass is 35.5. The van der Waals surface area contributed by atoms with Crippen molar-refractivity contribution in [2.45, 2.75) is 13.3 Å². The van der Waals surface area contributed by atoms with Crippen molar-refractivity contribution < 1.29 is 19.1 Å². The normalized spacial score (nSPS) is 16.8. The summed E-state index contributed by atoms with van der Waals surface area (Å²) in [5, 5.41) is 13.2. The molecule has 0 bridgehead atoms. The Kier molecular flexibility index (Phi) is 5.23. The number of hydrogen-bond acceptors (Lipinski definition) is 3. The minimum absolute atomic E-state index is 0. The Morgan fingerprint density at radius 1 is 1.29 bits per heavy atom. The van der Waals surface area contributed by atoms with Gasteiger partial charge in [-0.05, 0) is 37.6 Å². The van der Waals surface area contributed by atoms with Crippen molar-refractivity contribution in [3.05, 3.63) is 47.5 Å². The Balaban J connectivity index is 0.00000208. The lowest BCUT2D eigenvalue weighted by Gasteiger charge is -2.15. The number of halogens is 2. The number of rotatable bonds is 3. The summed E-state index contributed by atoms with van der Waals surface area (Å²) in [7, 11) is 0. The second-order valence-corrected chi connectivity index (χ2v) is 5.61. The van der Waals surface area contributed by atoms with Crippen LogP contribution in [-0.2, 0) is 4.79 Å². The Morgan fingerprint density at radius 3 is 2.54 bits per heavy atom. The van der Waals surface area contributed by atoms with Gasteiger partial charge in [-0.3, -0.25) is 9.59 Å². The third-order valence-electron chi connectivity index (χ3n) is 4.14. The molecule has 6 nitrogen and oxygen atoms in total. The van der Waals surface area contributed by atoms with E-state index >= 15 is 0 Å². The van der Waals surface area contributed by atoms with Crippen LogP contribution in [0.1, 0.15) is 22.5 Å². The Hall–Kier alpha value is -2.41. The molecule has 8 heteroatoms. The summed E-state index contributed by atoms with van der Waals surface area (Å²) in [6, 6.07) is 5.82. The van der Waals surface area contributed by atoms with E-state index in [0.29, 0.717) is 29.9 Å². The summed E-state index contributed by atoms with van der Waals surface area (Å²) in [5.74, 6) is -1.95. The lowest BCUT2D eigenvalue weighted by atomic mass is 10.1. The molecule has 1 aromatic carbocycles. The maximum Gasteiger partial charge on any atom is 0.308 e. The molecule has 1 fully saturated rings. The number of aliphatic carboxylic acids is 1. The Bertz CT molecular complexity index is 760. The summed E-state index contributed by atoms with van der Waals surface area (Å²) >= 11 is 0. The lowest BCUT2D eigenvalue weighted by Crippen LogP contribution is -2.30. The molecule has 0 aliphatic carbocycles. The van der Waals surface area contributed by atoms with Gasteiger partial charge in [-0.1, -0.05) is 0 Å². The number of carboxylic acid groups (broad SMARTS) is 1. The predicted octanol–water partition coefficient (Wildman–Crippen LogP) is 2.29. The van der Waals surface area contributed by atoms with Crippen LogP contribution < -0.4 is 0 Å². The number of nitrogens with zero attached hydrogens (tertiary/aromatic N) is 3. The van der Waals surface area contributed by atoms with Gasteiger partial charge in [0.1, 0.15) is 5.82 Å². The summed E-state index contributed by atoms with van der Waals surface area (Å²) in [6.07, 6.45) is 1.93. The summed E-state index contributed by atoms with van der Waals surface area (Å²) in [6.45, 7) is 2.40. The number of likely N-dealkylation sites (tertiary alicyclic amines) is 1. The standard InChI is InChI=1S/C16H16FN3O3.ClH/c1-10-14(15(21)19-7-6-11(9-19)16(22)23)8-18-20(10)13-4-2-12(17)3-5-13;/h2-5,8,11H,6-7,9H2,1H3,(H,22,23);1H. The van der Waals surface area contributed by atoms with Crippen LogP contribution in [0.5, 0.6) is 0 Å². The van der Waals surface area contributed by atoms with Crippen molar-refractivity contribution in [2.24, 2.45) is 5.92 Å². The maximum absolute atomic E-state index is 13.0. The highest BCUT2D eigenvalue weighted by Gasteiger charge is 2.32. The first-order valence-electron chi connectivity index (χ1n) is 7.30. The highest BCUT2D eigenvalue weighted by Crippen LogP contribution is 2.21. The van der Waals surface area contributed by atoms with Crippen molar-refractivity contribution in [3.63, 3.8) is 0 Å². The average molecular weight is 354 g/mol. The molecule has 1 atom stereocenters. The van der Waals surface area contributed by atoms with E-state index in [4.69, 9.17) is 5.11 Å². The van der Waals surface area contributed by atoms with Gasteiger partial charge in [0, 0.05) is 13.1 Å². The van der Waals surface area contributed by atoms with Crippen molar-refractivity contribution in [1.29, 1.82) is 0 Å². The first-order valence-corrected chi connectivity index (χ1v) is 7.30. The Morgan fingerprint density at radius 2 is 1.96 bits per heavy atom. The topological polar surface area (TPSA) is 75.4 Å². The van der Waals surface area contributed by atoms with E-state index in [0.717, 1.165) is 0 Å². The first-order chi connectivity index (χ1) is 11.0. The molecule has 24 heavy (non-hydrogen) atoms. The second kappa shape index (κ2) is 7.00. The van der Waals surface area contributed by atoms with E-state index < -0.39 is 11.9 Å². The summed E-state index contributed by atoms with van der Waals surface area (Å²) < 4.78 is 14.6. The van der Waals surface area contributed by atoms with Crippen LogP contribution in [-0.4, -0.2) is 44.8 Å². The zero-order chi connectivity index (χ0) is 16.6. The molecule has 1 unspecified atom stereocenters. The van der Waals surface area contributed by atoms with Crippen molar-refractivity contribution >= 4 is 24.3 Å². The van der Waals surface area contributed by atoms with Crippen LogP contribution >= 0.6 is 12.4 Å². The first kappa shape index (κ1) is 17.9. The van der Waals surface area contributed by atoms with Crippen LogP contribution in [0.25, 0.3) is 5.69 Å². The van der Waals surface area contributed by atoms with Gasteiger partial charge in [-0.2, -0.15) is 5.10 Å². The van der Waals surface area contributed by atoms with Crippen LogP contribution in [0.15, 0.2) is 30.5 Å². The number of carbonyl (C=O) groups excluding carboxylic acids is 1. The Labute approximate surface area is 144 Å². The maximum atomic E-state index is 13.0. The fraction of sp³-hybridized carbons (Fsp3) is 0.312. The molecule has 1 N–H and O–H groups in total. The van der Waals surface area contributed by atoms with Gasteiger partial charge < -0.3 is 10.0 Å². The van der Waals surface area contributed by atoms with Crippen LogP contribution in [0, 0.1) is 18.7 Å². The highest BCUT2D eigenvalue weighted by molar-refractivity contribution is 5.95. The molecule has 0 spiro atoms. The smallest absolute Gasteiger partial charge is 0.308 e. The molecule has 0 saturated carbocycles. The monoisotopic (exact) mass is 353 g/mol. The molecular formula is C16H17ClFN3O3. The van der Waals surface area contributed by atoms with Crippen LogP contribution in [0.2, 0.25) is 0 Å². The molecule has 128 valence electrons. The zero-order valence-corrected chi connectivity index (χ0v) is 13.8. The fourth-order valence-corrected chi connectivity index (χ4v) is 2.78. The van der Waals surface area contributed by atoms with E-state index in [9.17, 15) is 14.0 Å². The van der Waals surface area contributed by atoms with Gasteiger partial charge >= 0.3 is 5.97 Å². The summed E-state index contributed by atoms with van der Waals surface area (Å²) in [4.78, 5) is 25.1. The molecule has 2 aromatic rings. The van der Waals surface area contributed by atoms with Gasteiger partial charge in [0.25, 0.3) is 5.91 Å². The third kappa shape index (κ3) is 3.26. The molecule has 1 saturated heterocycles. The molecule has 2 heterocycles. The molecular weight excluding hydrogens is 337 g/mol. The number of aromatic nitrogens is 2. The molecule has 1 amide bonds. The van der Waals surface area contributed by atoms with Crippen LogP contribution in [0.3, 0.4) is 0 Å². The summed E-state index contributed by atoms with van der Waals surface area (Å²) in [5.41, 5.74) is 1.73. The predicted molar refractivity (Wildman–Crippen MR) is 87.2 cm³/mol. The fourth-order valence-electron chi connectivity index (χ4n) is 2.78. The minimum Gasteiger partial charge on any atom is -0.481 e. The third-order valence-corrected chi connectivity index (χ3v) is 4.14. The lowest BCUT2D eigenvalue weighted by molar-refractivity contribution is -0.141. The van der Waals surface area contributed by atoms with Gasteiger partial charge in [-0.15, -0.1) is 12.4 Å². The van der Waals surface area contributed by atoms with Crippen molar-refractivity contribution in [1.82, 2.24) is 14.7 Å². The zero-order valence-electron chi connectivity index (χ0n) is 13.0. The number of hydrogen-bond donors (Lipinski definition) is 1. The minimum atomic E-state index is -0.876. The molecule has 0 radical (unpaired) electrons.